The van der Waals surface area contributed by atoms with Crippen LogP contribution in [0.4, 0.5) is 5.69 Å². The van der Waals surface area contributed by atoms with Crippen LogP contribution in [0.2, 0.25) is 0 Å². The molecule has 0 saturated carbocycles. The van der Waals surface area contributed by atoms with Crippen molar-refractivity contribution in [1.82, 2.24) is 4.72 Å². The zero-order valence-electron chi connectivity index (χ0n) is 11.5. The molecule has 2 rings (SSSR count). The van der Waals surface area contributed by atoms with E-state index >= 15 is 0 Å². The molecule has 106 valence electrons. The first-order valence-electron chi connectivity index (χ1n) is 6.75. The Morgan fingerprint density at radius 3 is 2.84 bits per heavy atom. The molecule has 19 heavy (non-hydrogen) atoms. The van der Waals surface area contributed by atoms with Gasteiger partial charge in [0, 0.05) is 11.7 Å². The summed E-state index contributed by atoms with van der Waals surface area (Å²) in [6, 6.07) is 5.64. The molecule has 0 saturated heterocycles. The van der Waals surface area contributed by atoms with Gasteiger partial charge in [-0.2, -0.15) is 0 Å². The summed E-state index contributed by atoms with van der Waals surface area (Å²) in [6.07, 6.45) is 2.82. The number of sulfonamides is 1. The Balaban J connectivity index is 2.20. The van der Waals surface area contributed by atoms with E-state index in [1.807, 2.05) is 32.0 Å². The van der Waals surface area contributed by atoms with Crippen molar-refractivity contribution in [2.24, 2.45) is 5.92 Å². The number of hydrogen-bond acceptors (Lipinski definition) is 3. The minimum atomic E-state index is -3.21. The van der Waals surface area contributed by atoms with Crippen molar-refractivity contribution < 1.29 is 8.42 Å². The molecule has 3 N–H and O–H groups in total. The second kappa shape index (κ2) is 5.51. The van der Waals surface area contributed by atoms with Crippen LogP contribution in [0.15, 0.2) is 18.2 Å². The number of anilines is 1. The smallest absolute Gasteiger partial charge is 0.212 e. The highest BCUT2D eigenvalue weighted by Crippen LogP contribution is 2.31. The van der Waals surface area contributed by atoms with Gasteiger partial charge in [-0.15, -0.1) is 0 Å². The molecule has 0 amide bonds. The molecule has 1 aliphatic rings. The summed E-state index contributed by atoms with van der Waals surface area (Å²) in [5.41, 5.74) is 8.77. The van der Waals surface area contributed by atoms with E-state index in [9.17, 15) is 8.42 Å². The molecular weight excluding hydrogens is 260 g/mol. The lowest BCUT2D eigenvalue weighted by Crippen LogP contribution is -2.34. The summed E-state index contributed by atoms with van der Waals surface area (Å²) < 4.78 is 26.9. The van der Waals surface area contributed by atoms with Crippen molar-refractivity contribution in [2.45, 2.75) is 39.2 Å². The van der Waals surface area contributed by atoms with Crippen molar-refractivity contribution in [2.75, 3.05) is 11.5 Å². The highest BCUT2D eigenvalue weighted by atomic mass is 32.2. The third kappa shape index (κ3) is 3.70. The molecule has 0 bridgehead atoms. The zero-order chi connectivity index (χ0) is 14.0. The Morgan fingerprint density at radius 2 is 2.16 bits per heavy atom. The van der Waals surface area contributed by atoms with Gasteiger partial charge < -0.3 is 5.73 Å². The summed E-state index contributed by atoms with van der Waals surface area (Å²) in [6.45, 7) is 3.82. The van der Waals surface area contributed by atoms with E-state index in [0.717, 1.165) is 30.5 Å². The van der Waals surface area contributed by atoms with Crippen molar-refractivity contribution >= 4 is 15.7 Å². The summed E-state index contributed by atoms with van der Waals surface area (Å²) >= 11 is 0. The van der Waals surface area contributed by atoms with E-state index in [-0.39, 0.29) is 17.7 Å². The molecule has 1 aliphatic carbocycles. The molecule has 1 unspecified atom stereocenters. The van der Waals surface area contributed by atoms with E-state index < -0.39 is 10.0 Å². The Kier molecular flexibility index (Phi) is 4.16. The number of aryl methyl sites for hydroxylation is 1. The van der Waals surface area contributed by atoms with Gasteiger partial charge in [0.25, 0.3) is 0 Å². The molecule has 1 aromatic rings. The second-order valence-electron chi connectivity index (χ2n) is 5.70. The van der Waals surface area contributed by atoms with Crippen molar-refractivity contribution in [3.05, 3.63) is 29.3 Å². The summed E-state index contributed by atoms with van der Waals surface area (Å²) in [7, 11) is -3.21. The monoisotopic (exact) mass is 282 g/mol. The van der Waals surface area contributed by atoms with Gasteiger partial charge in [0.1, 0.15) is 0 Å². The fourth-order valence-electron chi connectivity index (χ4n) is 2.66. The van der Waals surface area contributed by atoms with Gasteiger partial charge in [0.15, 0.2) is 0 Å². The minimum Gasteiger partial charge on any atom is -0.399 e. The largest absolute Gasteiger partial charge is 0.399 e. The molecule has 0 spiro atoms. The highest BCUT2D eigenvalue weighted by Gasteiger charge is 2.25. The van der Waals surface area contributed by atoms with Crippen LogP contribution in [-0.2, 0) is 16.4 Å². The van der Waals surface area contributed by atoms with E-state index in [1.54, 1.807) is 0 Å². The van der Waals surface area contributed by atoms with Crippen LogP contribution in [0.3, 0.4) is 0 Å². The normalized spacial score (nSPS) is 19.4. The number of hydrogen-bond donors (Lipinski definition) is 2. The number of rotatable bonds is 4. The topological polar surface area (TPSA) is 72.2 Å². The molecular formula is C14H22N2O2S. The molecule has 5 heteroatoms. The molecule has 4 nitrogen and oxygen atoms in total. The first-order chi connectivity index (χ1) is 8.87. The van der Waals surface area contributed by atoms with Gasteiger partial charge in [0.2, 0.25) is 10.0 Å². The van der Waals surface area contributed by atoms with E-state index in [0.29, 0.717) is 0 Å². The molecule has 0 fully saturated rings. The lowest BCUT2D eigenvalue weighted by molar-refractivity contribution is 0.502. The molecule has 1 atom stereocenters. The number of nitrogen functional groups attached to an aromatic ring is 1. The maximum atomic E-state index is 12.1. The van der Waals surface area contributed by atoms with Crippen LogP contribution in [0.25, 0.3) is 0 Å². The van der Waals surface area contributed by atoms with Crippen LogP contribution >= 0.6 is 0 Å². The Labute approximate surface area is 115 Å². The summed E-state index contributed by atoms with van der Waals surface area (Å²) in [5.74, 6) is 0.306. The fourth-order valence-corrected chi connectivity index (χ4v) is 4.31. The zero-order valence-corrected chi connectivity index (χ0v) is 12.3. The molecule has 0 aliphatic heterocycles. The van der Waals surface area contributed by atoms with E-state index in [4.69, 9.17) is 5.73 Å². The predicted molar refractivity (Wildman–Crippen MR) is 78.3 cm³/mol. The van der Waals surface area contributed by atoms with Crippen molar-refractivity contribution in [3.8, 4) is 0 Å². The quantitative estimate of drug-likeness (QED) is 0.832. The summed E-state index contributed by atoms with van der Waals surface area (Å²) in [5, 5.41) is 0. The average molecular weight is 282 g/mol. The Bertz CT molecular complexity index is 553. The first-order valence-corrected chi connectivity index (χ1v) is 8.41. The molecule has 0 heterocycles. The maximum Gasteiger partial charge on any atom is 0.212 e. The lowest BCUT2D eigenvalue weighted by atomic mass is 9.88. The average Bonchev–Trinajstić information content (AvgIpc) is 2.26. The first kappa shape index (κ1) is 14.3. The van der Waals surface area contributed by atoms with Gasteiger partial charge in [-0.1, -0.05) is 19.9 Å². The maximum absolute atomic E-state index is 12.1. The van der Waals surface area contributed by atoms with Crippen LogP contribution < -0.4 is 10.5 Å². The lowest BCUT2D eigenvalue weighted by Gasteiger charge is -2.26. The standard InChI is InChI=1S/C14H22N2O2S/c1-10(2)9-19(17,18)16-14-5-3-4-11-8-12(15)6-7-13(11)14/h6-8,10,14,16H,3-5,9,15H2,1-2H3. The molecule has 1 aromatic carbocycles. The van der Waals surface area contributed by atoms with Gasteiger partial charge in [0.05, 0.1) is 5.75 Å². The van der Waals surface area contributed by atoms with Gasteiger partial charge in [-0.25, -0.2) is 13.1 Å². The minimum absolute atomic E-state index is 0.104. The number of nitrogens with two attached hydrogens (primary N) is 1. The van der Waals surface area contributed by atoms with E-state index in [1.165, 1.54) is 5.56 Å². The third-order valence-corrected chi connectivity index (χ3v) is 5.11. The predicted octanol–water partition coefficient (Wildman–Crippen LogP) is 2.22. The summed E-state index contributed by atoms with van der Waals surface area (Å²) in [4.78, 5) is 0. The van der Waals surface area contributed by atoms with E-state index in [2.05, 4.69) is 4.72 Å². The number of benzene rings is 1. The number of fused-ring (bicyclic) bond motifs is 1. The molecule has 0 aromatic heterocycles. The van der Waals surface area contributed by atoms with Crippen LogP contribution in [-0.4, -0.2) is 14.2 Å². The number of nitrogens with one attached hydrogen (secondary N) is 1. The van der Waals surface area contributed by atoms with Crippen LogP contribution in [0.1, 0.15) is 43.9 Å². The second-order valence-corrected chi connectivity index (χ2v) is 7.49. The molecule has 0 radical (unpaired) electrons. The van der Waals surface area contributed by atoms with Crippen molar-refractivity contribution in [1.29, 1.82) is 0 Å². The van der Waals surface area contributed by atoms with Crippen LogP contribution in [0.5, 0.6) is 0 Å². The Hall–Kier alpha value is -1.07. The van der Waals surface area contributed by atoms with Crippen LogP contribution in [0, 0.1) is 5.92 Å². The third-order valence-electron chi connectivity index (χ3n) is 3.36. The van der Waals surface area contributed by atoms with Crippen molar-refractivity contribution in [3.63, 3.8) is 0 Å². The van der Waals surface area contributed by atoms with Gasteiger partial charge >= 0.3 is 0 Å². The van der Waals surface area contributed by atoms with Gasteiger partial charge in [-0.3, -0.25) is 0 Å². The SMILES string of the molecule is CC(C)CS(=O)(=O)NC1CCCc2cc(N)ccc21. The Morgan fingerprint density at radius 1 is 1.42 bits per heavy atom. The fraction of sp³-hybridized carbons (Fsp3) is 0.571. The van der Waals surface area contributed by atoms with Gasteiger partial charge in [-0.05, 0) is 48.4 Å². The highest BCUT2D eigenvalue weighted by molar-refractivity contribution is 7.89.